The van der Waals surface area contributed by atoms with Gasteiger partial charge < -0.3 is 10.1 Å². The largest absolute Gasteiger partial charge is 0.457 e. The molecule has 0 heterocycles. The number of halogens is 1. The van der Waals surface area contributed by atoms with E-state index in [0.29, 0.717) is 11.1 Å². The van der Waals surface area contributed by atoms with Crippen LogP contribution in [0.2, 0.25) is 5.02 Å². The van der Waals surface area contributed by atoms with Crippen LogP contribution in [0.3, 0.4) is 0 Å². The molecule has 0 saturated carbocycles. The first-order valence-corrected chi connectivity index (χ1v) is 6.77. The Labute approximate surface area is 119 Å². The summed E-state index contributed by atoms with van der Waals surface area (Å²) in [5.41, 5.74) is 1.24. The monoisotopic (exact) mass is 275 g/mol. The van der Waals surface area contributed by atoms with Gasteiger partial charge in [0.25, 0.3) is 0 Å². The third-order valence-corrected chi connectivity index (χ3v) is 2.90. The van der Waals surface area contributed by atoms with E-state index in [1.54, 1.807) is 6.07 Å². The average Bonchev–Trinajstić information content (AvgIpc) is 2.38. The van der Waals surface area contributed by atoms with Gasteiger partial charge >= 0.3 is 0 Å². The van der Waals surface area contributed by atoms with E-state index in [1.165, 1.54) is 5.56 Å². The number of hydrogen-bond acceptors (Lipinski definition) is 2. The van der Waals surface area contributed by atoms with Crippen LogP contribution in [0, 0.1) is 0 Å². The Kier molecular flexibility index (Phi) is 4.83. The van der Waals surface area contributed by atoms with Crippen molar-refractivity contribution in [2.45, 2.75) is 26.4 Å². The molecule has 2 aromatic rings. The molecule has 2 rings (SSSR count). The number of hydrogen-bond donors (Lipinski definition) is 1. The number of ether oxygens (including phenoxy) is 1. The summed E-state index contributed by atoms with van der Waals surface area (Å²) in [6.07, 6.45) is 0. The fourth-order valence-electron chi connectivity index (χ4n) is 1.66. The maximum absolute atomic E-state index is 5.92. The first kappa shape index (κ1) is 13.9. The van der Waals surface area contributed by atoms with E-state index < -0.39 is 0 Å². The Morgan fingerprint density at radius 1 is 1.05 bits per heavy atom. The van der Waals surface area contributed by atoms with Gasteiger partial charge in [-0.15, -0.1) is 0 Å². The smallest absolute Gasteiger partial charge is 0.128 e. The van der Waals surface area contributed by atoms with E-state index in [9.17, 15) is 0 Å². The molecule has 0 saturated heterocycles. The van der Waals surface area contributed by atoms with Crippen LogP contribution >= 0.6 is 11.6 Å². The standard InChI is InChI=1S/C16H18ClNO/c1-12(2)18-11-13-6-8-15(9-7-13)19-16-5-3-4-14(17)10-16/h3-10,12,18H,11H2,1-2H3. The van der Waals surface area contributed by atoms with Gasteiger partial charge in [0, 0.05) is 17.6 Å². The topological polar surface area (TPSA) is 21.3 Å². The van der Waals surface area contributed by atoms with Gasteiger partial charge in [0.1, 0.15) is 11.5 Å². The van der Waals surface area contributed by atoms with Crippen LogP contribution in [0.1, 0.15) is 19.4 Å². The first-order valence-electron chi connectivity index (χ1n) is 6.39. The average molecular weight is 276 g/mol. The number of rotatable bonds is 5. The second-order valence-electron chi connectivity index (χ2n) is 4.74. The Bertz CT molecular complexity index is 523. The molecule has 0 bridgehead atoms. The van der Waals surface area contributed by atoms with E-state index in [2.05, 4.69) is 31.3 Å². The zero-order valence-corrected chi connectivity index (χ0v) is 11.9. The lowest BCUT2D eigenvalue weighted by atomic mass is 10.2. The third kappa shape index (κ3) is 4.58. The van der Waals surface area contributed by atoms with Gasteiger partial charge in [-0.2, -0.15) is 0 Å². The number of benzene rings is 2. The highest BCUT2D eigenvalue weighted by Gasteiger charge is 1.99. The van der Waals surface area contributed by atoms with E-state index in [-0.39, 0.29) is 0 Å². The highest BCUT2D eigenvalue weighted by atomic mass is 35.5. The predicted molar refractivity (Wildman–Crippen MR) is 79.9 cm³/mol. The SMILES string of the molecule is CC(C)NCc1ccc(Oc2cccc(Cl)c2)cc1. The van der Waals surface area contributed by atoms with Gasteiger partial charge in [-0.25, -0.2) is 0 Å². The molecule has 0 aliphatic heterocycles. The first-order chi connectivity index (χ1) is 9.13. The van der Waals surface area contributed by atoms with Gasteiger partial charge in [-0.1, -0.05) is 43.6 Å². The summed E-state index contributed by atoms with van der Waals surface area (Å²) in [5.74, 6) is 1.57. The van der Waals surface area contributed by atoms with Crippen molar-refractivity contribution >= 4 is 11.6 Å². The maximum Gasteiger partial charge on any atom is 0.128 e. The molecule has 2 nitrogen and oxygen atoms in total. The molecule has 0 aliphatic carbocycles. The highest BCUT2D eigenvalue weighted by Crippen LogP contribution is 2.24. The Hall–Kier alpha value is -1.51. The van der Waals surface area contributed by atoms with Crippen molar-refractivity contribution in [3.63, 3.8) is 0 Å². The lowest BCUT2D eigenvalue weighted by Gasteiger charge is -2.09. The fourth-order valence-corrected chi connectivity index (χ4v) is 1.84. The highest BCUT2D eigenvalue weighted by molar-refractivity contribution is 6.30. The molecule has 100 valence electrons. The van der Waals surface area contributed by atoms with Crippen LogP contribution in [0.15, 0.2) is 48.5 Å². The molecule has 0 unspecified atom stereocenters. The van der Waals surface area contributed by atoms with Crippen molar-refractivity contribution in [3.05, 3.63) is 59.1 Å². The zero-order chi connectivity index (χ0) is 13.7. The second-order valence-corrected chi connectivity index (χ2v) is 5.18. The van der Waals surface area contributed by atoms with Crippen LogP contribution in [0.25, 0.3) is 0 Å². The summed E-state index contributed by atoms with van der Waals surface area (Å²) in [7, 11) is 0. The zero-order valence-electron chi connectivity index (χ0n) is 11.2. The van der Waals surface area contributed by atoms with Crippen molar-refractivity contribution in [2.24, 2.45) is 0 Å². The van der Waals surface area contributed by atoms with E-state index in [1.807, 2.05) is 30.3 Å². The summed E-state index contributed by atoms with van der Waals surface area (Å²) in [6, 6.07) is 16.0. The molecule has 2 aromatic carbocycles. The van der Waals surface area contributed by atoms with E-state index in [4.69, 9.17) is 16.3 Å². The molecule has 0 amide bonds. The molecule has 19 heavy (non-hydrogen) atoms. The van der Waals surface area contributed by atoms with Crippen LogP contribution in [-0.2, 0) is 6.54 Å². The van der Waals surface area contributed by atoms with Crippen LogP contribution in [-0.4, -0.2) is 6.04 Å². The lowest BCUT2D eigenvalue weighted by molar-refractivity contribution is 0.482. The van der Waals surface area contributed by atoms with Gasteiger partial charge in [-0.3, -0.25) is 0 Å². The lowest BCUT2D eigenvalue weighted by Crippen LogP contribution is -2.21. The molecule has 0 spiro atoms. The Morgan fingerprint density at radius 2 is 1.79 bits per heavy atom. The molecule has 0 aliphatic rings. The van der Waals surface area contributed by atoms with Gasteiger partial charge in [0.05, 0.1) is 0 Å². The molecule has 0 aromatic heterocycles. The normalized spacial score (nSPS) is 10.7. The molecule has 0 radical (unpaired) electrons. The van der Waals surface area contributed by atoms with Gasteiger partial charge in [0.15, 0.2) is 0 Å². The minimum atomic E-state index is 0.488. The van der Waals surface area contributed by atoms with Crippen molar-refractivity contribution < 1.29 is 4.74 Å². The van der Waals surface area contributed by atoms with E-state index in [0.717, 1.165) is 18.0 Å². The van der Waals surface area contributed by atoms with Crippen molar-refractivity contribution in [3.8, 4) is 11.5 Å². The summed E-state index contributed by atoms with van der Waals surface area (Å²) >= 11 is 5.92. The van der Waals surface area contributed by atoms with Crippen molar-refractivity contribution in [1.82, 2.24) is 5.32 Å². The molecular formula is C16H18ClNO. The second kappa shape index (κ2) is 6.60. The molecule has 1 N–H and O–H groups in total. The summed E-state index contributed by atoms with van der Waals surface area (Å²) in [6.45, 7) is 5.14. The predicted octanol–water partition coefficient (Wildman–Crippen LogP) is 4.63. The fraction of sp³-hybridized carbons (Fsp3) is 0.250. The van der Waals surface area contributed by atoms with Crippen molar-refractivity contribution in [1.29, 1.82) is 0 Å². The number of nitrogens with one attached hydrogen (secondary N) is 1. The minimum absolute atomic E-state index is 0.488. The van der Waals surface area contributed by atoms with E-state index >= 15 is 0 Å². The minimum Gasteiger partial charge on any atom is -0.457 e. The summed E-state index contributed by atoms with van der Waals surface area (Å²) in [5, 5.41) is 4.06. The van der Waals surface area contributed by atoms with Gasteiger partial charge in [-0.05, 0) is 35.9 Å². The summed E-state index contributed by atoms with van der Waals surface area (Å²) < 4.78 is 5.73. The van der Waals surface area contributed by atoms with Crippen LogP contribution < -0.4 is 10.1 Å². The summed E-state index contributed by atoms with van der Waals surface area (Å²) in [4.78, 5) is 0. The van der Waals surface area contributed by atoms with Crippen molar-refractivity contribution in [2.75, 3.05) is 0 Å². The molecular weight excluding hydrogens is 258 g/mol. The maximum atomic E-state index is 5.92. The quantitative estimate of drug-likeness (QED) is 0.859. The molecule has 0 atom stereocenters. The Morgan fingerprint density at radius 3 is 2.42 bits per heavy atom. The van der Waals surface area contributed by atoms with Crippen LogP contribution in [0.5, 0.6) is 11.5 Å². The third-order valence-electron chi connectivity index (χ3n) is 2.67. The van der Waals surface area contributed by atoms with Crippen LogP contribution in [0.4, 0.5) is 0 Å². The van der Waals surface area contributed by atoms with Gasteiger partial charge in [0.2, 0.25) is 0 Å². The Balaban J connectivity index is 1.98. The molecule has 0 fully saturated rings. The molecule has 3 heteroatoms.